The van der Waals surface area contributed by atoms with Crippen LogP contribution < -0.4 is 0 Å². The van der Waals surface area contributed by atoms with Gasteiger partial charge in [-0.2, -0.15) is 0 Å². The Labute approximate surface area is 143 Å². The number of aliphatic hydroxyl groups excluding tert-OH is 1. The molecule has 1 fully saturated rings. The highest BCUT2D eigenvalue weighted by atomic mass is 16.3. The van der Waals surface area contributed by atoms with Gasteiger partial charge in [-0.05, 0) is 42.9 Å². The van der Waals surface area contributed by atoms with Crippen LogP contribution in [0.2, 0.25) is 0 Å². The van der Waals surface area contributed by atoms with Gasteiger partial charge in [-0.3, -0.25) is 9.78 Å². The summed E-state index contributed by atoms with van der Waals surface area (Å²) in [6.45, 7) is 0.804. The second-order valence-corrected chi connectivity index (χ2v) is 6.41. The number of amides is 1. The van der Waals surface area contributed by atoms with E-state index in [2.05, 4.69) is 4.98 Å². The molecule has 0 aliphatic carbocycles. The fourth-order valence-electron chi connectivity index (χ4n) is 3.42. The average Bonchev–Trinajstić information content (AvgIpc) is 3.09. The summed E-state index contributed by atoms with van der Waals surface area (Å²) in [6.07, 6.45) is 6.88. The van der Waals surface area contributed by atoms with E-state index in [0.717, 1.165) is 36.9 Å². The number of nitrogens with zero attached hydrogens (tertiary/aromatic N) is 2. The number of pyridine rings is 1. The van der Waals surface area contributed by atoms with Crippen LogP contribution in [0.3, 0.4) is 0 Å². The minimum absolute atomic E-state index is 0.140. The van der Waals surface area contributed by atoms with E-state index in [1.807, 2.05) is 53.6 Å². The van der Waals surface area contributed by atoms with Crippen molar-refractivity contribution in [2.45, 2.75) is 44.2 Å². The number of likely N-dealkylation sites (tertiary alicyclic amines) is 1. The van der Waals surface area contributed by atoms with Crippen molar-refractivity contribution in [3.05, 3.63) is 66.0 Å². The van der Waals surface area contributed by atoms with Crippen LogP contribution in [-0.2, 0) is 11.2 Å². The lowest BCUT2D eigenvalue weighted by molar-refractivity contribution is -0.132. The summed E-state index contributed by atoms with van der Waals surface area (Å²) < 4.78 is 0. The van der Waals surface area contributed by atoms with Gasteiger partial charge < -0.3 is 10.0 Å². The summed E-state index contributed by atoms with van der Waals surface area (Å²) in [5, 5.41) is 10.4. The number of rotatable bonds is 6. The van der Waals surface area contributed by atoms with Crippen LogP contribution in [0.1, 0.15) is 42.9 Å². The summed E-state index contributed by atoms with van der Waals surface area (Å²) >= 11 is 0. The molecule has 1 aliphatic rings. The molecule has 24 heavy (non-hydrogen) atoms. The molecule has 1 aliphatic heterocycles. The molecule has 2 aromatic rings. The molecule has 1 aromatic carbocycles. The highest BCUT2D eigenvalue weighted by Gasteiger charge is 2.30. The van der Waals surface area contributed by atoms with Crippen LogP contribution >= 0.6 is 0 Å². The quantitative estimate of drug-likeness (QED) is 0.888. The number of hydrogen-bond acceptors (Lipinski definition) is 3. The lowest BCUT2D eigenvalue weighted by Crippen LogP contribution is -2.36. The normalized spacial score (nSPS) is 18.5. The molecule has 4 heteroatoms. The van der Waals surface area contributed by atoms with Gasteiger partial charge in [0, 0.05) is 31.4 Å². The van der Waals surface area contributed by atoms with Crippen LogP contribution in [0.25, 0.3) is 0 Å². The second-order valence-electron chi connectivity index (χ2n) is 6.41. The van der Waals surface area contributed by atoms with Gasteiger partial charge in [0.25, 0.3) is 0 Å². The fraction of sp³-hybridized carbons (Fsp3) is 0.400. The number of aromatic nitrogens is 1. The van der Waals surface area contributed by atoms with E-state index in [1.165, 1.54) is 0 Å². The molecule has 4 nitrogen and oxygen atoms in total. The number of carbonyl (C=O) groups excluding carboxylic acids is 1. The van der Waals surface area contributed by atoms with Crippen molar-refractivity contribution < 1.29 is 9.90 Å². The maximum absolute atomic E-state index is 12.6. The Morgan fingerprint density at radius 1 is 1.25 bits per heavy atom. The minimum atomic E-state index is -0.511. The number of benzene rings is 1. The van der Waals surface area contributed by atoms with Gasteiger partial charge in [0.2, 0.25) is 5.91 Å². The Morgan fingerprint density at radius 2 is 2.08 bits per heavy atom. The van der Waals surface area contributed by atoms with Gasteiger partial charge in [0.15, 0.2) is 0 Å². The first-order chi connectivity index (χ1) is 11.7. The maximum atomic E-state index is 12.6. The van der Waals surface area contributed by atoms with Crippen LogP contribution in [0.5, 0.6) is 0 Å². The molecule has 126 valence electrons. The Bertz CT molecular complexity index is 645. The summed E-state index contributed by atoms with van der Waals surface area (Å²) in [5.74, 6) is 0.182. The zero-order chi connectivity index (χ0) is 16.8. The predicted molar refractivity (Wildman–Crippen MR) is 93.3 cm³/mol. The van der Waals surface area contributed by atoms with Crippen LogP contribution in [0.15, 0.2) is 54.9 Å². The van der Waals surface area contributed by atoms with Crippen molar-refractivity contribution in [3.63, 3.8) is 0 Å². The molecule has 3 rings (SSSR count). The van der Waals surface area contributed by atoms with Gasteiger partial charge in [0.05, 0.1) is 6.10 Å². The van der Waals surface area contributed by atoms with Gasteiger partial charge >= 0.3 is 0 Å². The average molecular weight is 324 g/mol. The zero-order valence-electron chi connectivity index (χ0n) is 13.8. The first-order valence-corrected chi connectivity index (χ1v) is 8.65. The summed E-state index contributed by atoms with van der Waals surface area (Å²) in [6, 6.07) is 13.7. The minimum Gasteiger partial charge on any atom is -0.388 e. The van der Waals surface area contributed by atoms with E-state index in [1.54, 1.807) is 6.20 Å². The highest BCUT2D eigenvalue weighted by molar-refractivity contribution is 5.77. The van der Waals surface area contributed by atoms with Crippen LogP contribution in [0, 0.1) is 0 Å². The molecule has 1 aromatic heterocycles. The standard InChI is InChI=1S/C20H24N2O2/c23-19(17-7-2-1-3-8-17)14-18-9-5-13-22(18)20(24)11-10-16-6-4-12-21-15-16/h1-4,6-8,12,15,18-19,23H,5,9-11,13-14H2. The van der Waals surface area contributed by atoms with Gasteiger partial charge in [0.1, 0.15) is 0 Å². The van der Waals surface area contributed by atoms with E-state index in [0.29, 0.717) is 12.8 Å². The topological polar surface area (TPSA) is 53.4 Å². The Hall–Kier alpha value is -2.20. The first-order valence-electron chi connectivity index (χ1n) is 8.65. The van der Waals surface area contributed by atoms with E-state index in [9.17, 15) is 9.90 Å². The smallest absolute Gasteiger partial charge is 0.223 e. The van der Waals surface area contributed by atoms with E-state index in [-0.39, 0.29) is 11.9 Å². The fourth-order valence-corrected chi connectivity index (χ4v) is 3.42. The van der Waals surface area contributed by atoms with Crippen molar-refractivity contribution in [1.82, 2.24) is 9.88 Å². The number of hydrogen-bond donors (Lipinski definition) is 1. The number of carbonyl (C=O) groups is 1. The Morgan fingerprint density at radius 3 is 2.83 bits per heavy atom. The van der Waals surface area contributed by atoms with E-state index in [4.69, 9.17) is 0 Å². The molecule has 0 saturated carbocycles. The lowest BCUT2D eigenvalue weighted by Gasteiger charge is -2.27. The first kappa shape index (κ1) is 16.7. The molecular weight excluding hydrogens is 300 g/mol. The van der Waals surface area contributed by atoms with Crippen molar-refractivity contribution in [2.24, 2.45) is 0 Å². The van der Waals surface area contributed by atoms with Gasteiger partial charge in [-0.1, -0.05) is 36.4 Å². The predicted octanol–water partition coefficient (Wildman–Crippen LogP) is 3.13. The Kier molecular flexibility index (Phi) is 5.59. The third-order valence-electron chi connectivity index (χ3n) is 4.73. The van der Waals surface area contributed by atoms with Gasteiger partial charge in [-0.15, -0.1) is 0 Å². The highest BCUT2D eigenvalue weighted by Crippen LogP contribution is 2.28. The lowest BCUT2D eigenvalue weighted by atomic mass is 10.0. The van der Waals surface area contributed by atoms with E-state index < -0.39 is 6.10 Å². The molecule has 2 unspecified atom stereocenters. The summed E-state index contributed by atoms with van der Waals surface area (Å²) in [7, 11) is 0. The van der Waals surface area contributed by atoms with E-state index >= 15 is 0 Å². The zero-order valence-corrected chi connectivity index (χ0v) is 13.8. The molecular formula is C20H24N2O2. The molecule has 2 atom stereocenters. The Balaban J connectivity index is 1.55. The molecule has 1 saturated heterocycles. The molecule has 0 spiro atoms. The molecule has 1 amide bonds. The monoisotopic (exact) mass is 324 g/mol. The molecule has 1 N–H and O–H groups in total. The molecule has 2 heterocycles. The molecule has 0 radical (unpaired) electrons. The van der Waals surface area contributed by atoms with Crippen molar-refractivity contribution in [2.75, 3.05) is 6.54 Å². The summed E-state index contributed by atoms with van der Waals surface area (Å²) in [4.78, 5) is 18.6. The van der Waals surface area contributed by atoms with Crippen molar-refractivity contribution >= 4 is 5.91 Å². The summed E-state index contributed by atoms with van der Waals surface area (Å²) in [5.41, 5.74) is 2.01. The van der Waals surface area contributed by atoms with Crippen molar-refractivity contribution in [1.29, 1.82) is 0 Å². The number of aryl methyl sites for hydroxylation is 1. The largest absolute Gasteiger partial charge is 0.388 e. The number of aliphatic hydroxyl groups is 1. The maximum Gasteiger partial charge on any atom is 0.223 e. The van der Waals surface area contributed by atoms with Crippen LogP contribution in [0.4, 0.5) is 0 Å². The van der Waals surface area contributed by atoms with Crippen LogP contribution in [-0.4, -0.2) is 33.5 Å². The SMILES string of the molecule is O=C(CCc1cccnc1)N1CCCC1CC(O)c1ccccc1. The van der Waals surface area contributed by atoms with Crippen molar-refractivity contribution in [3.8, 4) is 0 Å². The second kappa shape index (κ2) is 8.06. The molecule has 0 bridgehead atoms. The third kappa shape index (κ3) is 4.20. The van der Waals surface area contributed by atoms with Gasteiger partial charge in [-0.25, -0.2) is 0 Å². The third-order valence-corrected chi connectivity index (χ3v) is 4.73.